The minimum absolute atomic E-state index is 0.0132. The summed E-state index contributed by atoms with van der Waals surface area (Å²) in [6.07, 6.45) is 2.54. The molecule has 0 aromatic heterocycles. The van der Waals surface area contributed by atoms with Gasteiger partial charge in [-0.1, -0.05) is 20.8 Å². The summed E-state index contributed by atoms with van der Waals surface area (Å²) in [5.41, 5.74) is 0.313. The van der Waals surface area contributed by atoms with Gasteiger partial charge >= 0.3 is 0 Å². The van der Waals surface area contributed by atoms with Gasteiger partial charge in [-0.2, -0.15) is 0 Å². The van der Waals surface area contributed by atoms with Crippen LogP contribution in [-0.4, -0.2) is 18.0 Å². The third-order valence-electron chi connectivity index (χ3n) is 1.71. The highest BCUT2D eigenvalue weighted by atomic mass is 16.2. The van der Waals surface area contributed by atoms with E-state index in [1.807, 2.05) is 0 Å². The van der Waals surface area contributed by atoms with E-state index in [-0.39, 0.29) is 5.91 Å². The van der Waals surface area contributed by atoms with E-state index in [0.717, 1.165) is 17.9 Å². The summed E-state index contributed by atoms with van der Waals surface area (Å²) in [5.74, 6) is 5.28. The van der Waals surface area contributed by atoms with Crippen LogP contribution in [0.1, 0.15) is 40.0 Å². The van der Waals surface area contributed by atoms with E-state index in [1.165, 1.54) is 0 Å². The van der Waals surface area contributed by atoms with Crippen LogP contribution in [0.3, 0.4) is 0 Å². The topological polar surface area (TPSA) is 46.3 Å². The van der Waals surface area contributed by atoms with Gasteiger partial charge in [-0.05, 0) is 18.3 Å². The van der Waals surface area contributed by atoms with Crippen molar-refractivity contribution >= 4 is 5.91 Å². The highest BCUT2D eigenvalue weighted by Gasteiger charge is 2.11. The lowest BCUT2D eigenvalue weighted by molar-refractivity contribution is -0.130. The van der Waals surface area contributed by atoms with Crippen molar-refractivity contribution in [3.63, 3.8) is 0 Å². The molecule has 0 aliphatic rings. The molecule has 0 aliphatic heterocycles. The van der Waals surface area contributed by atoms with Gasteiger partial charge in [-0.15, -0.1) is 0 Å². The maximum atomic E-state index is 11.0. The zero-order chi connectivity index (χ0) is 9.78. The van der Waals surface area contributed by atoms with Gasteiger partial charge in [-0.25, -0.2) is 5.84 Å². The van der Waals surface area contributed by atoms with Gasteiger partial charge in [0.25, 0.3) is 0 Å². The summed E-state index contributed by atoms with van der Waals surface area (Å²) in [6.45, 7) is 6.51. The van der Waals surface area contributed by atoms with Crippen molar-refractivity contribution in [3.05, 3.63) is 0 Å². The first-order valence-electron chi connectivity index (χ1n) is 4.34. The van der Waals surface area contributed by atoms with Crippen LogP contribution in [0, 0.1) is 5.41 Å². The molecule has 0 saturated carbocycles. The number of carbonyl (C=O) groups is 1. The van der Waals surface area contributed by atoms with Gasteiger partial charge in [-0.3, -0.25) is 9.80 Å². The largest absolute Gasteiger partial charge is 0.284 e. The number of amides is 1. The monoisotopic (exact) mass is 172 g/mol. The number of nitrogens with two attached hydrogens (primary N) is 1. The van der Waals surface area contributed by atoms with Crippen molar-refractivity contribution in [1.82, 2.24) is 5.01 Å². The first kappa shape index (κ1) is 11.4. The van der Waals surface area contributed by atoms with Crippen molar-refractivity contribution in [2.75, 3.05) is 7.05 Å². The molecule has 0 fully saturated rings. The van der Waals surface area contributed by atoms with Crippen LogP contribution in [-0.2, 0) is 4.79 Å². The SMILES string of the molecule is CN(N)C(=O)CCCC(C)(C)C. The molecule has 0 spiro atoms. The van der Waals surface area contributed by atoms with Gasteiger partial charge in [0.15, 0.2) is 0 Å². The molecular formula is C9H20N2O. The Hall–Kier alpha value is -0.570. The van der Waals surface area contributed by atoms with Crippen LogP contribution in [0.15, 0.2) is 0 Å². The summed E-state index contributed by atoms with van der Waals surface area (Å²) in [7, 11) is 1.58. The average molecular weight is 172 g/mol. The number of hydrazine groups is 1. The standard InChI is InChI=1S/C9H20N2O/c1-9(2,3)7-5-6-8(12)11(4)10/h5-7,10H2,1-4H3. The van der Waals surface area contributed by atoms with Gasteiger partial charge in [0.05, 0.1) is 0 Å². The summed E-state index contributed by atoms with van der Waals surface area (Å²) in [6, 6.07) is 0. The van der Waals surface area contributed by atoms with Gasteiger partial charge in [0.2, 0.25) is 5.91 Å². The number of carbonyl (C=O) groups excluding carboxylic acids is 1. The maximum absolute atomic E-state index is 11.0. The quantitative estimate of drug-likeness (QED) is 0.399. The van der Waals surface area contributed by atoms with Crippen LogP contribution in [0.4, 0.5) is 0 Å². The van der Waals surface area contributed by atoms with Gasteiger partial charge < -0.3 is 0 Å². The zero-order valence-corrected chi connectivity index (χ0v) is 8.55. The molecular weight excluding hydrogens is 152 g/mol. The van der Waals surface area contributed by atoms with E-state index in [9.17, 15) is 4.79 Å². The van der Waals surface area contributed by atoms with Crippen molar-refractivity contribution in [1.29, 1.82) is 0 Å². The Morgan fingerprint density at radius 2 is 1.92 bits per heavy atom. The molecule has 0 unspecified atom stereocenters. The highest BCUT2D eigenvalue weighted by molar-refractivity contribution is 5.75. The van der Waals surface area contributed by atoms with Crippen LogP contribution in [0.25, 0.3) is 0 Å². The predicted molar refractivity (Wildman–Crippen MR) is 50.3 cm³/mol. The molecule has 0 saturated heterocycles. The van der Waals surface area contributed by atoms with E-state index in [2.05, 4.69) is 20.8 Å². The summed E-state index contributed by atoms with van der Waals surface area (Å²) in [5, 5.41) is 1.16. The Labute approximate surface area is 74.9 Å². The molecule has 72 valence electrons. The van der Waals surface area contributed by atoms with Crippen molar-refractivity contribution in [2.45, 2.75) is 40.0 Å². The molecule has 12 heavy (non-hydrogen) atoms. The molecule has 0 bridgehead atoms. The fourth-order valence-corrected chi connectivity index (χ4v) is 0.946. The number of hydrogen-bond donors (Lipinski definition) is 1. The second kappa shape index (κ2) is 4.45. The molecule has 0 heterocycles. The van der Waals surface area contributed by atoms with Gasteiger partial charge in [0.1, 0.15) is 0 Å². The Bertz CT molecular complexity index is 147. The normalized spacial score (nSPS) is 11.4. The Morgan fingerprint density at radius 3 is 2.25 bits per heavy atom. The Morgan fingerprint density at radius 1 is 1.42 bits per heavy atom. The summed E-state index contributed by atoms with van der Waals surface area (Å²) < 4.78 is 0. The van der Waals surface area contributed by atoms with Crippen molar-refractivity contribution in [2.24, 2.45) is 11.3 Å². The molecule has 0 atom stereocenters. The Kier molecular flexibility index (Phi) is 4.24. The minimum atomic E-state index is 0.0132. The van der Waals surface area contributed by atoms with E-state index >= 15 is 0 Å². The average Bonchev–Trinajstić information content (AvgIpc) is 1.84. The third kappa shape index (κ3) is 6.16. The van der Waals surface area contributed by atoms with Crippen LogP contribution in [0.5, 0.6) is 0 Å². The molecule has 3 nitrogen and oxygen atoms in total. The number of nitrogens with zero attached hydrogens (tertiary/aromatic N) is 1. The highest BCUT2D eigenvalue weighted by Crippen LogP contribution is 2.21. The molecule has 0 radical (unpaired) electrons. The Balaban J connectivity index is 3.51. The minimum Gasteiger partial charge on any atom is -0.284 e. The molecule has 2 N–H and O–H groups in total. The van der Waals surface area contributed by atoms with Crippen molar-refractivity contribution < 1.29 is 4.79 Å². The molecule has 0 aromatic carbocycles. The van der Waals surface area contributed by atoms with Crippen LogP contribution in [0.2, 0.25) is 0 Å². The zero-order valence-electron chi connectivity index (χ0n) is 8.55. The van der Waals surface area contributed by atoms with E-state index in [4.69, 9.17) is 5.84 Å². The fourth-order valence-electron chi connectivity index (χ4n) is 0.946. The summed E-state index contributed by atoms with van der Waals surface area (Å²) >= 11 is 0. The fraction of sp³-hybridized carbons (Fsp3) is 0.889. The first-order valence-corrected chi connectivity index (χ1v) is 4.34. The molecule has 1 amide bonds. The van der Waals surface area contributed by atoms with E-state index in [0.29, 0.717) is 11.8 Å². The van der Waals surface area contributed by atoms with Crippen molar-refractivity contribution in [3.8, 4) is 0 Å². The lowest BCUT2D eigenvalue weighted by Crippen LogP contribution is -2.32. The van der Waals surface area contributed by atoms with Crippen LogP contribution >= 0.6 is 0 Å². The summed E-state index contributed by atoms with van der Waals surface area (Å²) in [4.78, 5) is 11.0. The van der Waals surface area contributed by atoms with E-state index in [1.54, 1.807) is 7.05 Å². The van der Waals surface area contributed by atoms with Crippen LogP contribution < -0.4 is 5.84 Å². The lowest BCUT2D eigenvalue weighted by atomic mass is 9.90. The predicted octanol–water partition coefficient (Wildman–Crippen LogP) is 1.53. The maximum Gasteiger partial charge on any atom is 0.236 e. The molecule has 0 aliphatic carbocycles. The molecule has 0 rings (SSSR count). The van der Waals surface area contributed by atoms with Gasteiger partial charge in [0, 0.05) is 13.5 Å². The molecule has 0 aromatic rings. The third-order valence-corrected chi connectivity index (χ3v) is 1.71. The first-order chi connectivity index (χ1) is 5.33. The molecule has 3 heteroatoms. The number of rotatable bonds is 3. The second-order valence-electron chi connectivity index (χ2n) is 4.42. The lowest BCUT2D eigenvalue weighted by Gasteiger charge is -2.18. The smallest absolute Gasteiger partial charge is 0.236 e. The van der Waals surface area contributed by atoms with E-state index < -0.39 is 0 Å². The second-order valence-corrected chi connectivity index (χ2v) is 4.42. The number of hydrogen-bond acceptors (Lipinski definition) is 2.